The first kappa shape index (κ1) is 18.6. The normalized spacial score (nSPS) is 15.5. The summed E-state index contributed by atoms with van der Waals surface area (Å²) in [5.74, 6) is 1.53. The van der Waals surface area contributed by atoms with Crippen LogP contribution in [0, 0.1) is 4.84 Å². The number of nitrogens with zero attached hydrogens (tertiary/aromatic N) is 3. The minimum atomic E-state index is 0.152. The molecule has 2 heterocycles. The second kappa shape index (κ2) is 8.46. The molecule has 1 aliphatic rings. The number of aromatic nitrogens is 2. The van der Waals surface area contributed by atoms with E-state index < -0.39 is 0 Å². The number of hydrogen-bond donors (Lipinski definition) is 1. The second-order valence-electron chi connectivity index (χ2n) is 6.55. The number of likely N-dealkylation sites (tertiary alicyclic amines) is 1. The van der Waals surface area contributed by atoms with E-state index in [-0.39, 0.29) is 5.91 Å². The number of benzene rings is 1. The number of nitrogens with one attached hydrogen (secondary N) is 1. The fourth-order valence-corrected chi connectivity index (χ4v) is 3.28. The van der Waals surface area contributed by atoms with Crippen LogP contribution in [0.15, 0.2) is 28.7 Å². The largest absolute Gasteiger partial charge is 0.494 e. The fraction of sp³-hybridized carbons (Fsp3) is 0.500. The Kier molecular flexibility index (Phi) is 6.05. The monoisotopic (exact) mass is 377 g/mol. The van der Waals surface area contributed by atoms with Crippen LogP contribution in [0.25, 0.3) is 0 Å². The van der Waals surface area contributed by atoms with E-state index in [1.165, 1.54) is 10.5 Å². The molecule has 1 saturated heterocycles. The minimum Gasteiger partial charge on any atom is -0.494 e. The molecular formula is C18H25N4O3S+. The highest BCUT2D eigenvalue weighted by Crippen LogP contribution is 2.13. The molecule has 0 spiro atoms. The first-order chi connectivity index (χ1) is 12.5. The van der Waals surface area contributed by atoms with Crippen LogP contribution >= 0.6 is 12.2 Å². The van der Waals surface area contributed by atoms with Gasteiger partial charge in [0, 0.05) is 18.5 Å². The molecule has 1 aliphatic heterocycles. The number of rotatable bonds is 8. The van der Waals surface area contributed by atoms with Gasteiger partial charge in [0.05, 0.1) is 20.2 Å². The van der Waals surface area contributed by atoms with E-state index in [1.807, 2.05) is 19.1 Å². The van der Waals surface area contributed by atoms with Gasteiger partial charge in [-0.15, -0.1) is 5.10 Å². The van der Waals surface area contributed by atoms with Crippen molar-refractivity contribution in [3.8, 4) is 5.75 Å². The van der Waals surface area contributed by atoms with Gasteiger partial charge in [-0.25, -0.2) is 0 Å². The lowest BCUT2D eigenvalue weighted by molar-refractivity contribution is -0.917. The maximum Gasteiger partial charge on any atom is 0.291 e. The first-order valence-electron chi connectivity index (χ1n) is 8.93. The molecule has 2 aromatic rings. The van der Waals surface area contributed by atoms with Gasteiger partial charge in [0.15, 0.2) is 6.67 Å². The van der Waals surface area contributed by atoms with Crippen LogP contribution in [-0.4, -0.2) is 40.8 Å². The summed E-state index contributed by atoms with van der Waals surface area (Å²) in [6, 6.07) is 8.11. The Morgan fingerprint density at radius 1 is 1.35 bits per heavy atom. The van der Waals surface area contributed by atoms with Gasteiger partial charge in [-0.1, -0.05) is 0 Å². The number of hydrogen-bond acceptors (Lipinski definition) is 5. The molecule has 1 amide bonds. The van der Waals surface area contributed by atoms with E-state index in [0.717, 1.165) is 25.3 Å². The molecule has 1 aromatic heterocycles. The Morgan fingerprint density at radius 3 is 2.77 bits per heavy atom. The van der Waals surface area contributed by atoms with E-state index in [0.29, 0.717) is 37.0 Å². The van der Waals surface area contributed by atoms with Gasteiger partial charge in [0.2, 0.25) is 11.8 Å². The van der Waals surface area contributed by atoms with Crippen molar-refractivity contribution in [3.63, 3.8) is 0 Å². The lowest BCUT2D eigenvalue weighted by atomic mass is 10.2. The van der Waals surface area contributed by atoms with Crippen molar-refractivity contribution in [1.82, 2.24) is 14.7 Å². The molecule has 8 heteroatoms. The Hall–Kier alpha value is -2.19. The Balaban J connectivity index is 1.57. The molecule has 1 fully saturated rings. The summed E-state index contributed by atoms with van der Waals surface area (Å²) in [5.41, 5.74) is 1.21. The minimum absolute atomic E-state index is 0.152. The maximum absolute atomic E-state index is 11.7. The highest BCUT2D eigenvalue weighted by molar-refractivity contribution is 7.71. The van der Waals surface area contributed by atoms with Gasteiger partial charge in [-0.05, 0) is 49.8 Å². The third-order valence-corrected chi connectivity index (χ3v) is 4.60. The fourth-order valence-electron chi connectivity index (χ4n) is 3.08. The number of ether oxygens (including phenoxy) is 1. The summed E-state index contributed by atoms with van der Waals surface area (Å²) in [6.07, 6.45) is 1.51. The van der Waals surface area contributed by atoms with Gasteiger partial charge >= 0.3 is 0 Å². The molecule has 1 atom stereocenters. The Labute approximate surface area is 158 Å². The van der Waals surface area contributed by atoms with Gasteiger partial charge in [0.1, 0.15) is 12.3 Å². The van der Waals surface area contributed by atoms with E-state index in [4.69, 9.17) is 21.4 Å². The predicted molar refractivity (Wildman–Crippen MR) is 98.2 cm³/mol. The average molecular weight is 377 g/mol. The highest BCUT2D eigenvalue weighted by Gasteiger charge is 2.22. The summed E-state index contributed by atoms with van der Waals surface area (Å²) in [6.45, 7) is 5.23. The van der Waals surface area contributed by atoms with Crippen molar-refractivity contribution in [2.45, 2.75) is 39.5 Å². The summed E-state index contributed by atoms with van der Waals surface area (Å²) < 4.78 is 12.7. The molecule has 1 aromatic carbocycles. The maximum atomic E-state index is 11.7. The summed E-state index contributed by atoms with van der Waals surface area (Å²) in [5, 5.41) is 4.44. The van der Waals surface area contributed by atoms with Crippen LogP contribution < -0.4 is 9.64 Å². The molecule has 0 radical (unpaired) electrons. The van der Waals surface area contributed by atoms with Gasteiger partial charge in [-0.2, -0.15) is 4.68 Å². The van der Waals surface area contributed by atoms with Gasteiger partial charge in [-0.3, -0.25) is 4.79 Å². The highest BCUT2D eigenvalue weighted by atomic mass is 32.1. The van der Waals surface area contributed by atoms with Crippen LogP contribution in [-0.2, 0) is 24.6 Å². The van der Waals surface area contributed by atoms with Crippen LogP contribution in [0.1, 0.15) is 31.2 Å². The van der Waals surface area contributed by atoms with Crippen LogP contribution in [0.2, 0.25) is 0 Å². The molecule has 1 unspecified atom stereocenters. The standard InChI is InChI=1S/C18H24N4O3S/c1-3-24-15-8-6-14(7-9-15)11-20(2)13-22-18(26)25-16(19-22)12-21-10-4-5-17(21)23/h6-9H,3-5,10-13H2,1-2H3/p+1. The van der Waals surface area contributed by atoms with E-state index in [1.54, 1.807) is 9.58 Å². The topological polar surface area (TPSA) is 64.9 Å². The number of carbonyl (C=O) groups is 1. The van der Waals surface area contributed by atoms with Crippen molar-refractivity contribution in [2.75, 3.05) is 20.2 Å². The van der Waals surface area contributed by atoms with Gasteiger partial charge < -0.3 is 19.0 Å². The zero-order chi connectivity index (χ0) is 18.5. The van der Waals surface area contributed by atoms with Crippen molar-refractivity contribution in [1.29, 1.82) is 0 Å². The molecule has 0 bridgehead atoms. The SMILES string of the molecule is CCOc1ccc(C[NH+](C)Cn2nc(CN3CCCC3=O)oc2=S)cc1. The van der Waals surface area contributed by atoms with Crippen LogP contribution in [0.5, 0.6) is 5.75 Å². The van der Waals surface area contributed by atoms with Crippen LogP contribution in [0.4, 0.5) is 0 Å². The van der Waals surface area contributed by atoms with E-state index >= 15 is 0 Å². The van der Waals surface area contributed by atoms with E-state index in [2.05, 4.69) is 24.3 Å². The van der Waals surface area contributed by atoms with Gasteiger partial charge in [0.25, 0.3) is 4.84 Å². The third-order valence-electron chi connectivity index (χ3n) is 4.31. The average Bonchev–Trinajstić information content (AvgIpc) is 3.16. The molecular weight excluding hydrogens is 352 g/mol. The molecule has 0 aliphatic carbocycles. The molecule has 1 N–H and O–H groups in total. The molecule has 3 rings (SSSR count). The molecule has 140 valence electrons. The van der Waals surface area contributed by atoms with E-state index in [9.17, 15) is 4.79 Å². The third kappa shape index (κ3) is 4.70. The second-order valence-corrected chi connectivity index (χ2v) is 6.90. The zero-order valence-electron chi connectivity index (χ0n) is 15.2. The van der Waals surface area contributed by atoms with Crippen LogP contribution in [0.3, 0.4) is 0 Å². The zero-order valence-corrected chi connectivity index (χ0v) is 16.1. The summed E-state index contributed by atoms with van der Waals surface area (Å²) >= 11 is 5.27. The smallest absolute Gasteiger partial charge is 0.291 e. The lowest BCUT2D eigenvalue weighted by Crippen LogP contribution is -3.07. The molecule has 7 nitrogen and oxygen atoms in total. The molecule has 26 heavy (non-hydrogen) atoms. The molecule has 0 saturated carbocycles. The number of carbonyl (C=O) groups excluding carboxylic acids is 1. The lowest BCUT2D eigenvalue weighted by Gasteiger charge is -2.14. The Bertz CT molecular complexity index is 800. The first-order valence-corrected chi connectivity index (χ1v) is 9.33. The van der Waals surface area contributed by atoms with Crippen molar-refractivity contribution in [2.24, 2.45) is 0 Å². The Morgan fingerprint density at radius 2 is 2.12 bits per heavy atom. The quantitative estimate of drug-likeness (QED) is 0.705. The van der Waals surface area contributed by atoms with Crippen molar-refractivity contribution < 1.29 is 18.8 Å². The number of quaternary nitrogens is 1. The summed E-state index contributed by atoms with van der Waals surface area (Å²) in [7, 11) is 2.08. The van der Waals surface area contributed by atoms with Crippen molar-refractivity contribution >= 4 is 18.1 Å². The number of amides is 1. The van der Waals surface area contributed by atoms with Crippen molar-refractivity contribution in [3.05, 3.63) is 40.6 Å². The predicted octanol–water partition coefficient (Wildman–Crippen LogP) is 1.40. The summed E-state index contributed by atoms with van der Waals surface area (Å²) in [4.78, 5) is 15.1.